The van der Waals surface area contributed by atoms with Crippen LogP contribution in [-0.2, 0) is 4.74 Å². The first-order chi connectivity index (χ1) is 8.16. The van der Waals surface area contributed by atoms with E-state index in [1.807, 2.05) is 11.3 Å². The van der Waals surface area contributed by atoms with Crippen LogP contribution >= 0.6 is 27.3 Å². The number of hydrogen-bond acceptors (Lipinski definition) is 2. The Morgan fingerprint density at radius 1 is 1.47 bits per heavy atom. The molecule has 0 aliphatic carbocycles. The van der Waals surface area contributed by atoms with E-state index in [0.717, 1.165) is 6.61 Å². The molecule has 1 aromatic rings. The Hall–Kier alpha value is 0.140. The van der Waals surface area contributed by atoms with Gasteiger partial charge in [-0.25, -0.2) is 0 Å². The molecule has 2 unspecified atom stereocenters. The van der Waals surface area contributed by atoms with Gasteiger partial charge in [-0.3, -0.25) is 0 Å². The lowest BCUT2D eigenvalue weighted by molar-refractivity contribution is 0.0102. The molecule has 1 aromatic heterocycles. The molecule has 0 N–H and O–H groups in total. The van der Waals surface area contributed by atoms with E-state index in [-0.39, 0.29) is 0 Å². The SMILES string of the molecule is Cc1cc(C(Br)CCC2CCCCO2)c(C)s1. The van der Waals surface area contributed by atoms with Crippen molar-refractivity contribution in [1.82, 2.24) is 0 Å². The number of alkyl halides is 1. The summed E-state index contributed by atoms with van der Waals surface area (Å²) in [6.45, 7) is 5.37. The third-order valence-electron chi connectivity index (χ3n) is 3.43. The zero-order chi connectivity index (χ0) is 12.3. The summed E-state index contributed by atoms with van der Waals surface area (Å²) < 4.78 is 5.78. The first-order valence-electron chi connectivity index (χ1n) is 6.49. The van der Waals surface area contributed by atoms with E-state index in [0.29, 0.717) is 10.9 Å². The van der Waals surface area contributed by atoms with Gasteiger partial charge in [-0.05, 0) is 57.6 Å². The fourth-order valence-corrected chi connectivity index (χ4v) is 4.36. The van der Waals surface area contributed by atoms with Gasteiger partial charge < -0.3 is 4.74 Å². The van der Waals surface area contributed by atoms with E-state index in [9.17, 15) is 0 Å². The maximum Gasteiger partial charge on any atom is 0.0575 e. The molecule has 1 saturated heterocycles. The minimum Gasteiger partial charge on any atom is -0.378 e. The molecule has 2 atom stereocenters. The van der Waals surface area contributed by atoms with Crippen LogP contribution in [0.25, 0.3) is 0 Å². The van der Waals surface area contributed by atoms with Crippen LogP contribution < -0.4 is 0 Å². The van der Waals surface area contributed by atoms with Crippen LogP contribution in [0.4, 0.5) is 0 Å². The highest BCUT2D eigenvalue weighted by Crippen LogP contribution is 2.35. The molecule has 3 heteroatoms. The summed E-state index contributed by atoms with van der Waals surface area (Å²) in [6, 6.07) is 2.32. The fourth-order valence-electron chi connectivity index (χ4n) is 2.48. The maximum absolute atomic E-state index is 5.78. The molecule has 0 spiro atoms. The van der Waals surface area contributed by atoms with Crippen LogP contribution in [0, 0.1) is 13.8 Å². The van der Waals surface area contributed by atoms with Crippen LogP contribution in [-0.4, -0.2) is 12.7 Å². The van der Waals surface area contributed by atoms with Crippen molar-refractivity contribution in [3.05, 3.63) is 21.4 Å². The number of ether oxygens (including phenoxy) is 1. The first-order valence-corrected chi connectivity index (χ1v) is 8.22. The highest BCUT2D eigenvalue weighted by atomic mass is 79.9. The molecule has 96 valence electrons. The molecule has 1 aliphatic rings. The monoisotopic (exact) mass is 316 g/mol. The van der Waals surface area contributed by atoms with E-state index >= 15 is 0 Å². The van der Waals surface area contributed by atoms with Gasteiger partial charge in [-0.1, -0.05) is 15.9 Å². The highest BCUT2D eigenvalue weighted by Gasteiger charge is 2.18. The van der Waals surface area contributed by atoms with Gasteiger partial charge in [0.2, 0.25) is 0 Å². The predicted molar refractivity (Wildman–Crippen MR) is 78.3 cm³/mol. The second-order valence-electron chi connectivity index (χ2n) is 4.90. The van der Waals surface area contributed by atoms with E-state index in [1.54, 1.807) is 0 Å². The number of hydrogen-bond donors (Lipinski definition) is 0. The van der Waals surface area contributed by atoms with E-state index < -0.39 is 0 Å². The average Bonchev–Trinajstić information content (AvgIpc) is 2.67. The molecule has 17 heavy (non-hydrogen) atoms. The van der Waals surface area contributed by atoms with Crippen molar-refractivity contribution in [2.24, 2.45) is 0 Å². The van der Waals surface area contributed by atoms with Crippen molar-refractivity contribution >= 4 is 27.3 Å². The summed E-state index contributed by atoms with van der Waals surface area (Å²) in [5.74, 6) is 0. The van der Waals surface area contributed by atoms with Crippen LogP contribution in [0.2, 0.25) is 0 Å². The summed E-state index contributed by atoms with van der Waals surface area (Å²) in [4.78, 5) is 3.36. The topological polar surface area (TPSA) is 9.23 Å². The quantitative estimate of drug-likeness (QED) is 0.698. The minimum atomic E-state index is 0.498. The molecule has 0 amide bonds. The molecular weight excluding hydrogens is 296 g/mol. The number of rotatable bonds is 4. The third-order valence-corrected chi connectivity index (χ3v) is 5.37. The fraction of sp³-hybridized carbons (Fsp3) is 0.714. The van der Waals surface area contributed by atoms with Gasteiger partial charge in [-0.2, -0.15) is 0 Å². The summed E-state index contributed by atoms with van der Waals surface area (Å²) in [5, 5.41) is 0. The zero-order valence-corrected chi connectivity index (χ0v) is 13.1. The van der Waals surface area contributed by atoms with Crippen LogP contribution in [0.5, 0.6) is 0 Å². The van der Waals surface area contributed by atoms with E-state index in [1.165, 1.54) is 47.4 Å². The normalized spacial score (nSPS) is 22.6. The summed E-state index contributed by atoms with van der Waals surface area (Å²) in [5.41, 5.74) is 1.48. The Kier molecular flexibility index (Phi) is 5.07. The third kappa shape index (κ3) is 3.80. The highest BCUT2D eigenvalue weighted by molar-refractivity contribution is 9.09. The van der Waals surface area contributed by atoms with Crippen molar-refractivity contribution in [3.8, 4) is 0 Å². The smallest absolute Gasteiger partial charge is 0.0575 e. The van der Waals surface area contributed by atoms with Crippen molar-refractivity contribution in [2.75, 3.05) is 6.61 Å². The molecule has 1 nitrogen and oxygen atoms in total. The lowest BCUT2D eigenvalue weighted by Gasteiger charge is -2.23. The van der Waals surface area contributed by atoms with Gasteiger partial charge in [-0.15, -0.1) is 11.3 Å². The number of thiophene rings is 1. The zero-order valence-electron chi connectivity index (χ0n) is 10.7. The maximum atomic E-state index is 5.78. The number of halogens is 1. The first kappa shape index (κ1) is 13.6. The molecule has 0 bridgehead atoms. The van der Waals surface area contributed by atoms with Crippen LogP contribution in [0.3, 0.4) is 0 Å². The Morgan fingerprint density at radius 3 is 2.88 bits per heavy atom. The molecule has 2 rings (SSSR count). The standard InChI is InChI=1S/C14H21BrOS/c1-10-9-13(11(2)17-10)14(15)7-6-12-5-3-4-8-16-12/h9,12,14H,3-8H2,1-2H3. The molecule has 0 radical (unpaired) electrons. The van der Waals surface area contributed by atoms with Gasteiger partial charge in [0.1, 0.15) is 0 Å². The molecule has 0 saturated carbocycles. The average molecular weight is 317 g/mol. The second kappa shape index (κ2) is 6.35. The Labute approximate surface area is 117 Å². The lowest BCUT2D eigenvalue weighted by atomic mass is 10.0. The van der Waals surface area contributed by atoms with Crippen LogP contribution in [0.15, 0.2) is 6.07 Å². The number of aryl methyl sites for hydroxylation is 2. The van der Waals surface area contributed by atoms with Crippen molar-refractivity contribution in [2.45, 2.75) is 56.9 Å². The molecular formula is C14H21BrOS. The van der Waals surface area contributed by atoms with Crippen molar-refractivity contribution < 1.29 is 4.74 Å². The van der Waals surface area contributed by atoms with Gasteiger partial charge in [0, 0.05) is 21.2 Å². The Bertz CT molecular complexity index is 355. The molecule has 1 aliphatic heterocycles. The van der Waals surface area contributed by atoms with Crippen molar-refractivity contribution in [3.63, 3.8) is 0 Å². The molecule has 1 fully saturated rings. The van der Waals surface area contributed by atoms with Gasteiger partial charge in [0.05, 0.1) is 6.10 Å². The van der Waals surface area contributed by atoms with Gasteiger partial charge in [0.25, 0.3) is 0 Å². The Morgan fingerprint density at radius 2 is 2.29 bits per heavy atom. The Balaban J connectivity index is 1.84. The van der Waals surface area contributed by atoms with Gasteiger partial charge >= 0.3 is 0 Å². The minimum absolute atomic E-state index is 0.498. The molecule has 0 aromatic carbocycles. The van der Waals surface area contributed by atoms with E-state index in [2.05, 4.69) is 35.8 Å². The summed E-state index contributed by atoms with van der Waals surface area (Å²) >= 11 is 5.73. The second-order valence-corrected chi connectivity index (χ2v) is 7.47. The lowest BCUT2D eigenvalue weighted by Crippen LogP contribution is -2.19. The summed E-state index contributed by atoms with van der Waals surface area (Å²) in [7, 11) is 0. The van der Waals surface area contributed by atoms with Crippen LogP contribution in [0.1, 0.15) is 52.2 Å². The predicted octanol–water partition coefficient (Wildman–Crippen LogP) is 5.15. The van der Waals surface area contributed by atoms with E-state index in [4.69, 9.17) is 4.74 Å². The summed E-state index contributed by atoms with van der Waals surface area (Å²) in [6.07, 6.45) is 6.71. The van der Waals surface area contributed by atoms with Crippen molar-refractivity contribution in [1.29, 1.82) is 0 Å². The largest absolute Gasteiger partial charge is 0.378 e. The van der Waals surface area contributed by atoms with Gasteiger partial charge in [0.15, 0.2) is 0 Å². The molecule has 2 heterocycles.